The number of benzene rings is 2. The van der Waals surface area contributed by atoms with Gasteiger partial charge in [0.15, 0.2) is 0 Å². The normalized spacial score (nSPS) is 12.7. The lowest BCUT2D eigenvalue weighted by Crippen LogP contribution is -2.25. The molecule has 3 heteroatoms. The highest BCUT2D eigenvalue weighted by molar-refractivity contribution is 6.31. The van der Waals surface area contributed by atoms with Crippen LogP contribution in [-0.2, 0) is 6.54 Å². The molecule has 1 atom stereocenters. The van der Waals surface area contributed by atoms with Gasteiger partial charge in [0.25, 0.3) is 0 Å². The average molecular weight is 292 g/mol. The molecule has 0 fully saturated rings. The van der Waals surface area contributed by atoms with Gasteiger partial charge < -0.3 is 5.32 Å². The van der Waals surface area contributed by atoms with Crippen LogP contribution < -0.4 is 5.32 Å². The van der Waals surface area contributed by atoms with E-state index in [1.54, 1.807) is 6.07 Å². The summed E-state index contributed by atoms with van der Waals surface area (Å²) in [6.07, 6.45) is 0. The van der Waals surface area contributed by atoms with Crippen molar-refractivity contribution in [3.05, 3.63) is 70.5 Å². The molecule has 2 aromatic carbocycles. The standard InChI is InChI=1S/C17H19ClFN/c1-12(2)17(13-6-4-3-5-7-13)20-11-14-8-9-15(19)10-16(14)18/h3-10,12,17,20H,11H2,1-2H3. The zero-order chi connectivity index (χ0) is 14.5. The van der Waals surface area contributed by atoms with Gasteiger partial charge in [-0.3, -0.25) is 0 Å². The van der Waals surface area contributed by atoms with Crippen LogP contribution in [0.4, 0.5) is 4.39 Å². The largest absolute Gasteiger partial charge is 0.306 e. The Morgan fingerprint density at radius 2 is 1.80 bits per heavy atom. The number of halogens is 2. The first-order valence-electron chi connectivity index (χ1n) is 6.80. The molecule has 0 radical (unpaired) electrons. The van der Waals surface area contributed by atoms with Crippen molar-refractivity contribution in [1.82, 2.24) is 5.32 Å². The first kappa shape index (κ1) is 15.0. The first-order valence-corrected chi connectivity index (χ1v) is 7.18. The molecule has 1 N–H and O–H groups in total. The fourth-order valence-corrected chi connectivity index (χ4v) is 2.52. The highest BCUT2D eigenvalue weighted by Crippen LogP contribution is 2.23. The summed E-state index contributed by atoms with van der Waals surface area (Å²) in [6.45, 7) is 4.98. The van der Waals surface area contributed by atoms with Crippen LogP contribution >= 0.6 is 11.6 Å². The molecule has 1 unspecified atom stereocenters. The second kappa shape index (κ2) is 6.87. The van der Waals surface area contributed by atoms with Crippen molar-refractivity contribution in [3.8, 4) is 0 Å². The molecule has 0 spiro atoms. The monoisotopic (exact) mass is 291 g/mol. The van der Waals surface area contributed by atoms with E-state index in [0.717, 1.165) is 5.56 Å². The Labute approximate surface area is 124 Å². The van der Waals surface area contributed by atoms with Gasteiger partial charge in [0.2, 0.25) is 0 Å². The molecule has 0 saturated heterocycles. The summed E-state index contributed by atoms with van der Waals surface area (Å²) in [6, 6.07) is 15.1. The molecular weight excluding hydrogens is 273 g/mol. The van der Waals surface area contributed by atoms with E-state index in [1.165, 1.54) is 17.7 Å². The Morgan fingerprint density at radius 3 is 2.40 bits per heavy atom. The molecule has 0 aliphatic heterocycles. The molecule has 0 aliphatic rings. The summed E-state index contributed by atoms with van der Waals surface area (Å²) in [5, 5.41) is 3.97. The van der Waals surface area contributed by atoms with E-state index in [2.05, 4.69) is 31.3 Å². The Balaban J connectivity index is 2.10. The molecule has 0 aliphatic carbocycles. The highest BCUT2D eigenvalue weighted by Gasteiger charge is 2.15. The predicted molar refractivity (Wildman–Crippen MR) is 82.3 cm³/mol. The van der Waals surface area contributed by atoms with Gasteiger partial charge in [0, 0.05) is 17.6 Å². The predicted octanol–water partition coefficient (Wildman–Crippen LogP) is 4.97. The minimum absolute atomic E-state index is 0.248. The van der Waals surface area contributed by atoms with Gasteiger partial charge in [0.05, 0.1) is 0 Å². The van der Waals surface area contributed by atoms with E-state index >= 15 is 0 Å². The van der Waals surface area contributed by atoms with Gasteiger partial charge in [-0.1, -0.05) is 61.8 Å². The number of hydrogen-bond donors (Lipinski definition) is 1. The fraction of sp³-hybridized carbons (Fsp3) is 0.294. The third kappa shape index (κ3) is 3.81. The number of rotatable bonds is 5. The molecular formula is C17H19ClFN. The molecule has 0 amide bonds. The third-order valence-corrected chi connectivity index (χ3v) is 3.70. The van der Waals surface area contributed by atoms with Gasteiger partial charge in [0.1, 0.15) is 5.82 Å². The molecule has 0 heterocycles. The Morgan fingerprint density at radius 1 is 1.10 bits per heavy atom. The smallest absolute Gasteiger partial charge is 0.124 e. The maximum atomic E-state index is 13.0. The van der Waals surface area contributed by atoms with E-state index in [0.29, 0.717) is 17.5 Å². The summed E-state index contributed by atoms with van der Waals surface area (Å²) in [7, 11) is 0. The average Bonchev–Trinajstić information content (AvgIpc) is 2.42. The zero-order valence-electron chi connectivity index (χ0n) is 11.7. The Kier molecular flexibility index (Phi) is 5.16. The van der Waals surface area contributed by atoms with E-state index in [4.69, 9.17) is 11.6 Å². The molecule has 20 heavy (non-hydrogen) atoms. The lowest BCUT2D eigenvalue weighted by atomic mass is 9.96. The van der Waals surface area contributed by atoms with Crippen molar-refractivity contribution < 1.29 is 4.39 Å². The van der Waals surface area contributed by atoms with Crippen LogP contribution in [0.2, 0.25) is 5.02 Å². The molecule has 0 bridgehead atoms. The first-order chi connectivity index (χ1) is 9.58. The van der Waals surface area contributed by atoms with Crippen LogP contribution in [0.5, 0.6) is 0 Å². The van der Waals surface area contributed by atoms with E-state index in [-0.39, 0.29) is 11.9 Å². The van der Waals surface area contributed by atoms with E-state index < -0.39 is 0 Å². The van der Waals surface area contributed by atoms with Crippen LogP contribution in [0.25, 0.3) is 0 Å². The van der Waals surface area contributed by atoms with Crippen molar-refractivity contribution in [2.24, 2.45) is 5.92 Å². The molecule has 106 valence electrons. The third-order valence-electron chi connectivity index (χ3n) is 3.35. The Bertz CT molecular complexity index is 554. The number of hydrogen-bond acceptors (Lipinski definition) is 1. The second-order valence-corrected chi connectivity index (χ2v) is 5.66. The number of nitrogens with one attached hydrogen (secondary N) is 1. The summed E-state index contributed by atoms with van der Waals surface area (Å²) in [4.78, 5) is 0. The van der Waals surface area contributed by atoms with Gasteiger partial charge in [-0.05, 0) is 29.2 Å². The van der Waals surface area contributed by atoms with Gasteiger partial charge in [-0.25, -0.2) is 4.39 Å². The van der Waals surface area contributed by atoms with Crippen LogP contribution in [0.1, 0.15) is 31.0 Å². The summed E-state index contributed by atoms with van der Waals surface area (Å²) in [5.74, 6) is 0.152. The van der Waals surface area contributed by atoms with Crippen molar-refractivity contribution in [3.63, 3.8) is 0 Å². The lowest BCUT2D eigenvalue weighted by Gasteiger charge is -2.23. The lowest BCUT2D eigenvalue weighted by molar-refractivity contribution is 0.410. The maximum absolute atomic E-state index is 13.0. The quantitative estimate of drug-likeness (QED) is 0.820. The minimum Gasteiger partial charge on any atom is -0.306 e. The molecule has 2 aromatic rings. The second-order valence-electron chi connectivity index (χ2n) is 5.25. The van der Waals surface area contributed by atoms with Crippen LogP contribution in [0.15, 0.2) is 48.5 Å². The topological polar surface area (TPSA) is 12.0 Å². The maximum Gasteiger partial charge on any atom is 0.124 e. The Hall–Kier alpha value is -1.38. The van der Waals surface area contributed by atoms with Crippen LogP contribution in [-0.4, -0.2) is 0 Å². The van der Waals surface area contributed by atoms with Crippen molar-refractivity contribution >= 4 is 11.6 Å². The van der Waals surface area contributed by atoms with Gasteiger partial charge in [-0.15, -0.1) is 0 Å². The van der Waals surface area contributed by atoms with Crippen molar-refractivity contribution in [2.75, 3.05) is 0 Å². The molecule has 2 rings (SSSR count). The van der Waals surface area contributed by atoms with Crippen LogP contribution in [0, 0.1) is 11.7 Å². The van der Waals surface area contributed by atoms with Gasteiger partial charge >= 0.3 is 0 Å². The highest BCUT2D eigenvalue weighted by atomic mass is 35.5. The molecule has 0 saturated carbocycles. The van der Waals surface area contributed by atoms with Crippen molar-refractivity contribution in [1.29, 1.82) is 0 Å². The fourth-order valence-electron chi connectivity index (χ4n) is 2.28. The van der Waals surface area contributed by atoms with Crippen LogP contribution in [0.3, 0.4) is 0 Å². The van der Waals surface area contributed by atoms with E-state index in [1.807, 2.05) is 18.2 Å². The summed E-state index contributed by atoms with van der Waals surface area (Å²) in [5.41, 5.74) is 2.16. The SMILES string of the molecule is CC(C)C(NCc1ccc(F)cc1Cl)c1ccccc1. The van der Waals surface area contributed by atoms with E-state index in [9.17, 15) is 4.39 Å². The molecule has 0 aromatic heterocycles. The molecule has 1 nitrogen and oxygen atoms in total. The minimum atomic E-state index is -0.304. The summed E-state index contributed by atoms with van der Waals surface area (Å²) >= 11 is 6.06. The van der Waals surface area contributed by atoms with Crippen molar-refractivity contribution in [2.45, 2.75) is 26.4 Å². The summed E-state index contributed by atoms with van der Waals surface area (Å²) < 4.78 is 13.0. The zero-order valence-corrected chi connectivity index (χ0v) is 12.5. The van der Waals surface area contributed by atoms with Gasteiger partial charge in [-0.2, -0.15) is 0 Å².